The van der Waals surface area contributed by atoms with Gasteiger partial charge in [0.05, 0.1) is 12.0 Å². The molecule has 0 unspecified atom stereocenters. The van der Waals surface area contributed by atoms with E-state index in [0.717, 1.165) is 12.8 Å². The molecule has 1 saturated heterocycles. The van der Waals surface area contributed by atoms with Crippen molar-refractivity contribution in [1.29, 1.82) is 0 Å². The molecular weight excluding hydrogens is 208 g/mol. The molecular formula is C11H16N2O3. The summed E-state index contributed by atoms with van der Waals surface area (Å²) >= 11 is 0. The second kappa shape index (κ2) is 3.50. The van der Waals surface area contributed by atoms with Crippen LogP contribution in [-0.4, -0.2) is 54.0 Å². The number of likely N-dealkylation sites (tertiary alicyclic amines) is 1. The Hall–Kier alpha value is -1.52. The zero-order valence-electron chi connectivity index (χ0n) is 9.56. The van der Waals surface area contributed by atoms with E-state index in [4.69, 9.17) is 5.11 Å². The van der Waals surface area contributed by atoms with E-state index in [2.05, 4.69) is 0 Å². The summed E-state index contributed by atoms with van der Waals surface area (Å²) in [7, 11) is 3.67. The highest BCUT2D eigenvalue weighted by atomic mass is 16.4. The lowest BCUT2D eigenvalue weighted by Gasteiger charge is -2.32. The van der Waals surface area contributed by atoms with Gasteiger partial charge in [0.1, 0.15) is 0 Å². The predicted octanol–water partition coefficient (Wildman–Crippen LogP) is 0.775. The summed E-state index contributed by atoms with van der Waals surface area (Å²) in [4.78, 5) is 26.2. The number of rotatable bonds is 1. The molecule has 5 nitrogen and oxygen atoms in total. The lowest BCUT2D eigenvalue weighted by atomic mass is 9.90. The molecule has 0 radical (unpaired) electrons. The Morgan fingerprint density at radius 3 is 2.56 bits per heavy atom. The molecule has 1 N–H and O–H groups in total. The van der Waals surface area contributed by atoms with E-state index < -0.39 is 11.5 Å². The van der Waals surface area contributed by atoms with Gasteiger partial charge in [-0.2, -0.15) is 0 Å². The molecule has 1 spiro atoms. The third-order valence-electron chi connectivity index (χ3n) is 3.17. The molecule has 16 heavy (non-hydrogen) atoms. The first-order valence-corrected chi connectivity index (χ1v) is 5.34. The van der Waals surface area contributed by atoms with Crippen LogP contribution in [0.4, 0.5) is 4.79 Å². The van der Waals surface area contributed by atoms with E-state index >= 15 is 0 Å². The second-order valence-corrected chi connectivity index (χ2v) is 4.87. The lowest BCUT2D eigenvalue weighted by Crippen LogP contribution is -2.46. The Labute approximate surface area is 94.3 Å². The number of hydrogen-bond donors (Lipinski definition) is 1. The zero-order chi connectivity index (χ0) is 11.9. The van der Waals surface area contributed by atoms with Gasteiger partial charge in [-0.15, -0.1) is 0 Å². The fourth-order valence-corrected chi connectivity index (χ4v) is 2.19. The minimum absolute atomic E-state index is 0.138. The molecule has 0 aromatic heterocycles. The molecule has 1 heterocycles. The van der Waals surface area contributed by atoms with Gasteiger partial charge < -0.3 is 14.9 Å². The molecule has 2 fully saturated rings. The molecule has 0 aromatic carbocycles. The fraction of sp³-hybridized carbons (Fsp3) is 0.636. The van der Waals surface area contributed by atoms with Crippen molar-refractivity contribution in [2.75, 3.05) is 27.2 Å². The van der Waals surface area contributed by atoms with Crippen LogP contribution in [0.25, 0.3) is 0 Å². The maximum absolute atomic E-state index is 12.1. The van der Waals surface area contributed by atoms with Crippen LogP contribution in [0.1, 0.15) is 12.8 Å². The van der Waals surface area contributed by atoms with Gasteiger partial charge in [-0.25, -0.2) is 4.79 Å². The molecule has 88 valence electrons. The van der Waals surface area contributed by atoms with Crippen molar-refractivity contribution in [3.8, 4) is 0 Å². The van der Waals surface area contributed by atoms with E-state index in [1.165, 1.54) is 4.90 Å². The Morgan fingerprint density at radius 1 is 1.50 bits per heavy atom. The van der Waals surface area contributed by atoms with Crippen LogP contribution in [0.15, 0.2) is 11.8 Å². The number of nitrogens with zero attached hydrogens (tertiary/aromatic N) is 2. The SMILES string of the molecule is CN(C)C=C1CN(C(=O)O)CC2(CC2)C1=O. The second-order valence-electron chi connectivity index (χ2n) is 4.87. The van der Waals surface area contributed by atoms with E-state index in [1.807, 2.05) is 14.1 Å². The third kappa shape index (κ3) is 1.77. The highest BCUT2D eigenvalue weighted by Crippen LogP contribution is 2.50. The summed E-state index contributed by atoms with van der Waals surface area (Å²) in [5.74, 6) is 0.138. The molecule has 2 rings (SSSR count). The number of carboxylic acid groups (broad SMARTS) is 1. The number of ketones is 1. The standard InChI is InChI=1S/C11H16N2O3/c1-12(2)5-8-6-13(10(15)16)7-11(3-4-11)9(8)14/h5H,3-4,6-7H2,1-2H3,(H,15,16). The number of Topliss-reactive ketones (excluding diaryl/α,β-unsaturated/α-hetero) is 1. The number of piperidine rings is 1. The van der Waals surface area contributed by atoms with Crippen LogP contribution in [0.2, 0.25) is 0 Å². The van der Waals surface area contributed by atoms with E-state index in [-0.39, 0.29) is 12.3 Å². The Balaban J connectivity index is 2.25. The Kier molecular flexibility index (Phi) is 2.40. The van der Waals surface area contributed by atoms with Gasteiger partial charge >= 0.3 is 6.09 Å². The van der Waals surface area contributed by atoms with Gasteiger partial charge in [0.25, 0.3) is 0 Å². The fourth-order valence-electron chi connectivity index (χ4n) is 2.19. The highest BCUT2D eigenvalue weighted by molar-refractivity contribution is 6.03. The number of amides is 1. The summed E-state index contributed by atoms with van der Waals surface area (Å²) in [6.07, 6.45) is 2.43. The zero-order valence-corrected chi connectivity index (χ0v) is 9.56. The van der Waals surface area contributed by atoms with Gasteiger partial charge in [-0.1, -0.05) is 0 Å². The van der Waals surface area contributed by atoms with Gasteiger partial charge in [0, 0.05) is 32.4 Å². The number of carbonyl (C=O) groups excluding carboxylic acids is 1. The molecule has 0 bridgehead atoms. The van der Waals surface area contributed by atoms with Crippen molar-refractivity contribution in [3.05, 3.63) is 11.8 Å². The van der Waals surface area contributed by atoms with E-state index in [9.17, 15) is 9.59 Å². The number of carbonyl (C=O) groups is 2. The average molecular weight is 224 g/mol. The van der Waals surface area contributed by atoms with Gasteiger partial charge in [-0.05, 0) is 12.8 Å². The van der Waals surface area contributed by atoms with Gasteiger partial charge in [0.15, 0.2) is 5.78 Å². The first-order valence-electron chi connectivity index (χ1n) is 5.34. The van der Waals surface area contributed by atoms with E-state index in [0.29, 0.717) is 12.1 Å². The summed E-state index contributed by atoms with van der Waals surface area (Å²) < 4.78 is 0. The van der Waals surface area contributed by atoms with Crippen LogP contribution in [0.5, 0.6) is 0 Å². The van der Waals surface area contributed by atoms with Crippen molar-refractivity contribution in [1.82, 2.24) is 9.80 Å². The normalized spacial score (nSPS) is 25.0. The van der Waals surface area contributed by atoms with Gasteiger partial charge in [0.2, 0.25) is 0 Å². The molecule has 5 heteroatoms. The molecule has 2 aliphatic rings. The topological polar surface area (TPSA) is 60.9 Å². The van der Waals surface area contributed by atoms with Crippen LogP contribution in [-0.2, 0) is 4.79 Å². The first kappa shape index (κ1) is 11.0. The quantitative estimate of drug-likeness (QED) is 0.668. The number of hydrogen-bond acceptors (Lipinski definition) is 3. The molecule has 1 saturated carbocycles. The molecule has 1 amide bonds. The monoisotopic (exact) mass is 224 g/mol. The third-order valence-corrected chi connectivity index (χ3v) is 3.17. The molecule has 0 atom stereocenters. The van der Waals surface area contributed by atoms with Crippen LogP contribution in [0, 0.1) is 5.41 Å². The molecule has 1 aliphatic heterocycles. The minimum Gasteiger partial charge on any atom is -0.465 e. The Bertz CT molecular complexity index is 369. The van der Waals surface area contributed by atoms with Crippen molar-refractivity contribution < 1.29 is 14.7 Å². The van der Waals surface area contributed by atoms with Crippen LogP contribution in [0.3, 0.4) is 0 Å². The van der Waals surface area contributed by atoms with Crippen molar-refractivity contribution in [2.45, 2.75) is 12.8 Å². The van der Waals surface area contributed by atoms with Crippen molar-refractivity contribution in [3.63, 3.8) is 0 Å². The average Bonchev–Trinajstić information content (AvgIpc) is 2.93. The maximum atomic E-state index is 12.1. The van der Waals surface area contributed by atoms with Crippen LogP contribution >= 0.6 is 0 Å². The Morgan fingerprint density at radius 2 is 2.12 bits per heavy atom. The van der Waals surface area contributed by atoms with Crippen molar-refractivity contribution >= 4 is 11.9 Å². The largest absolute Gasteiger partial charge is 0.465 e. The van der Waals surface area contributed by atoms with Crippen molar-refractivity contribution in [2.24, 2.45) is 5.41 Å². The van der Waals surface area contributed by atoms with E-state index in [1.54, 1.807) is 11.1 Å². The first-order chi connectivity index (χ1) is 7.44. The highest BCUT2D eigenvalue weighted by Gasteiger charge is 2.54. The summed E-state index contributed by atoms with van der Waals surface area (Å²) in [6, 6.07) is 0. The predicted molar refractivity (Wildman–Crippen MR) is 58.0 cm³/mol. The summed E-state index contributed by atoms with van der Waals surface area (Å²) in [6.45, 7) is 0.583. The molecule has 0 aromatic rings. The lowest BCUT2D eigenvalue weighted by molar-refractivity contribution is -0.122. The molecule has 1 aliphatic carbocycles. The minimum atomic E-state index is -0.941. The smallest absolute Gasteiger partial charge is 0.407 e. The van der Waals surface area contributed by atoms with Gasteiger partial charge in [-0.3, -0.25) is 4.79 Å². The summed E-state index contributed by atoms with van der Waals surface area (Å²) in [5, 5.41) is 9.01. The maximum Gasteiger partial charge on any atom is 0.407 e. The van der Waals surface area contributed by atoms with Crippen LogP contribution < -0.4 is 0 Å². The summed E-state index contributed by atoms with van der Waals surface area (Å²) in [5.41, 5.74) is 0.217.